The number of aromatic amines is 1. The van der Waals surface area contributed by atoms with E-state index in [-0.39, 0.29) is 23.9 Å². The molecule has 1 aliphatic rings. The fraction of sp³-hybridized carbons (Fsp3) is 0.615. The van der Waals surface area contributed by atoms with Crippen LogP contribution in [0.1, 0.15) is 13.8 Å². The molecule has 3 atom stereocenters. The quantitative estimate of drug-likeness (QED) is 0.504. The number of nitrogens with one attached hydrogen (secondary N) is 1. The average Bonchev–Trinajstić information content (AvgIpc) is 2.73. The molecule has 9 heteroatoms. The average molecular weight is 330 g/mol. The molecule has 1 saturated heterocycles. The minimum absolute atomic E-state index is 0.0440. The lowest BCUT2D eigenvalue weighted by molar-refractivity contribution is -0.153. The second kappa shape index (κ2) is 6.29. The maximum atomic E-state index is 11.4. The van der Waals surface area contributed by atoms with Crippen LogP contribution in [-0.4, -0.2) is 51.2 Å². The van der Waals surface area contributed by atoms with Gasteiger partial charge >= 0.3 is 5.97 Å². The van der Waals surface area contributed by atoms with Gasteiger partial charge in [0.15, 0.2) is 10.5 Å². The molecule has 8 nitrogen and oxygen atoms in total. The Balaban J connectivity index is 2.15. The second-order valence-electron chi connectivity index (χ2n) is 5.44. The van der Waals surface area contributed by atoms with Gasteiger partial charge in [-0.25, -0.2) is 0 Å². The maximum absolute atomic E-state index is 11.4. The van der Waals surface area contributed by atoms with Gasteiger partial charge in [0.05, 0.1) is 12.5 Å². The van der Waals surface area contributed by atoms with E-state index < -0.39 is 29.5 Å². The Morgan fingerprint density at radius 2 is 2.36 bits per heavy atom. The highest BCUT2D eigenvalue weighted by Crippen LogP contribution is 2.29. The Morgan fingerprint density at radius 3 is 2.95 bits per heavy atom. The van der Waals surface area contributed by atoms with Crippen LogP contribution in [0.3, 0.4) is 0 Å². The van der Waals surface area contributed by atoms with Gasteiger partial charge in [-0.1, -0.05) is 13.8 Å². The molecule has 0 radical (unpaired) electrons. The summed E-state index contributed by atoms with van der Waals surface area (Å²) in [5.74, 6) is -0.725. The van der Waals surface area contributed by atoms with Crippen LogP contribution < -0.4 is 5.56 Å². The van der Waals surface area contributed by atoms with E-state index in [1.807, 2.05) is 0 Å². The lowest BCUT2D eigenvalue weighted by Gasteiger charge is -2.28. The van der Waals surface area contributed by atoms with E-state index in [2.05, 4.69) is 4.98 Å². The first kappa shape index (κ1) is 16.8. The molecule has 0 spiro atoms. The van der Waals surface area contributed by atoms with E-state index in [9.17, 15) is 19.8 Å². The van der Waals surface area contributed by atoms with Crippen LogP contribution in [0.15, 0.2) is 17.1 Å². The summed E-state index contributed by atoms with van der Waals surface area (Å²) >= 11 is 4.98. The topological polar surface area (TPSA) is 114 Å². The van der Waals surface area contributed by atoms with Crippen molar-refractivity contribution < 1.29 is 24.5 Å². The van der Waals surface area contributed by atoms with E-state index in [0.717, 1.165) is 4.57 Å². The third-order valence-electron chi connectivity index (χ3n) is 3.44. The molecule has 1 aromatic heterocycles. The first-order chi connectivity index (χ1) is 10.3. The van der Waals surface area contributed by atoms with Crippen molar-refractivity contribution in [1.82, 2.24) is 9.55 Å². The second-order valence-corrected chi connectivity index (χ2v) is 5.82. The van der Waals surface area contributed by atoms with E-state index in [1.54, 1.807) is 13.8 Å². The van der Waals surface area contributed by atoms with E-state index in [0.29, 0.717) is 0 Å². The maximum Gasteiger partial charge on any atom is 0.308 e. The predicted octanol–water partition coefficient (Wildman–Crippen LogP) is -0.490. The van der Waals surface area contributed by atoms with Crippen molar-refractivity contribution in [1.29, 1.82) is 0 Å². The van der Waals surface area contributed by atoms with Crippen LogP contribution in [0.4, 0.5) is 0 Å². The number of nitrogens with zero attached hydrogens (tertiary/aromatic N) is 1. The number of H-pyrrole nitrogens is 1. The molecule has 1 fully saturated rings. The number of aliphatic hydroxyl groups is 2. The highest BCUT2D eigenvalue weighted by Gasteiger charge is 2.50. The molecule has 2 rings (SSSR count). The lowest BCUT2D eigenvalue weighted by atomic mass is 10.1. The first-order valence-corrected chi connectivity index (χ1v) is 7.17. The molecule has 0 aromatic carbocycles. The lowest BCUT2D eigenvalue weighted by Crippen LogP contribution is -2.48. The summed E-state index contributed by atoms with van der Waals surface area (Å²) in [6.45, 7) is 2.93. The standard InChI is InChI=1S/C13H18N2O6S/c1-7(2)11(18)20-5-8-10(17)13(19,6-21-8)15-4-3-9(16)14-12(15)22/h3-4,7-8,10,17,19H,5-6H2,1-2H3,(H,14,16,22)/t8-,10-,13?/m1/s1. The molecule has 0 amide bonds. The van der Waals surface area contributed by atoms with Crippen molar-refractivity contribution in [2.24, 2.45) is 5.92 Å². The third-order valence-corrected chi connectivity index (χ3v) is 3.74. The zero-order chi connectivity index (χ0) is 16.5. The highest BCUT2D eigenvalue weighted by molar-refractivity contribution is 7.71. The minimum Gasteiger partial charge on any atom is -0.463 e. The Kier molecular flexibility index (Phi) is 4.81. The Morgan fingerprint density at radius 1 is 1.68 bits per heavy atom. The van der Waals surface area contributed by atoms with Gasteiger partial charge in [-0.05, 0) is 12.2 Å². The molecule has 1 aromatic rings. The molecular weight excluding hydrogens is 312 g/mol. The van der Waals surface area contributed by atoms with Gasteiger partial charge in [0.1, 0.15) is 18.8 Å². The number of esters is 1. The number of ether oxygens (including phenoxy) is 2. The van der Waals surface area contributed by atoms with E-state index in [1.165, 1.54) is 12.3 Å². The Bertz CT molecular complexity index is 669. The molecule has 3 N–H and O–H groups in total. The molecule has 2 heterocycles. The van der Waals surface area contributed by atoms with Gasteiger partial charge in [-0.2, -0.15) is 0 Å². The van der Waals surface area contributed by atoms with Gasteiger partial charge in [0.25, 0.3) is 5.56 Å². The Hall–Kier alpha value is -1.55. The van der Waals surface area contributed by atoms with Crippen molar-refractivity contribution in [3.8, 4) is 0 Å². The number of carbonyl (C=O) groups is 1. The first-order valence-electron chi connectivity index (χ1n) is 6.77. The Labute approximate surface area is 131 Å². The molecule has 0 bridgehead atoms. The van der Waals surface area contributed by atoms with Gasteiger partial charge in [0.2, 0.25) is 0 Å². The summed E-state index contributed by atoms with van der Waals surface area (Å²) in [6, 6.07) is 1.17. The fourth-order valence-corrected chi connectivity index (χ4v) is 2.43. The van der Waals surface area contributed by atoms with Gasteiger partial charge in [-0.15, -0.1) is 0 Å². The zero-order valence-corrected chi connectivity index (χ0v) is 13.0. The van der Waals surface area contributed by atoms with Crippen LogP contribution in [0.2, 0.25) is 0 Å². The summed E-state index contributed by atoms with van der Waals surface area (Å²) in [7, 11) is 0. The SMILES string of the molecule is CC(C)C(=O)OC[C@H]1OCC(O)(n2ccc(=O)[nH]c2=S)[C@@H]1O. The molecule has 1 aliphatic heterocycles. The monoisotopic (exact) mass is 330 g/mol. The third kappa shape index (κ3) is 3.12. The van der Waals surface area contributed by atoms with Gasteiger partial charge in [0, 0.05) is 12.3 Å². The number of hydrogen-bond acceptors (Lipinski definition) is 7. The molecule has 1 unspecified atom stereocenters. The van der Waals surface area contributed by atoms with Gasteiger partial charge in [-0.3, -0.25) is 19.1 Å². The summed E-state index contributed by atoms with van der Waals surface area (Å²) in [6.07, 6.45) is -0.984. The largest absolute Gasteiger partial charge is 0.463 e. The predicted molar refractivity (Wildman–Crippen MR) is 77.6 cm³/mol. The minimum atomic E-state index is -1.84. The van der Waals surface area contributed by atoms with Crippen molar-refractivity contribution >= 4 is 18.2 Å². The normalized spacial score (nSPS) is 28.0. The summed E-state index contributed by atoms with van der Waals surface area (Å²) in [5.41, 5.74) is -2.25. The fourth-order valence-electron chi connectivity index (χ4n) is 2.11. The van der Waals surface area contributed by atoms with Crippen molar-refractivity contribution in [2.75, 3.05) is 13.2 Å². The van der Waals surface area contributed by atoms with Crippen LogP contribution in [0, 0.1) is 10.7 Å². The van der Waals surface area contributed by atoms with Gasteiger partial charge < -0.3 is 19.7 Å². The summed E-state index contributed by atoms with van der Waals surface area (Å²) in [4.78, 5) is 25.0. The number of rotatable bonds is 4. The van der Waals surface area contributed by atoms with Crippen molar-refractivity contribution in [3.63, 3.8) is 0 Å². The van der Waals surface area contributed by atoms with Crippen LogP contribution >= 0.6 is 12.2 Å². The van der Waals surface area contributed by atoms with Crippen LogP contribution in [-0.2, 0) is 20.0 Å². The molecule has 122 valence electrons. The smallest absolute Gasteiger partial charge is 0.308 e. The highest BCUT2D eigenvalue weighted by atomic mass is 32.1. The molecule has 0 saturated carbocycles. The molecular formula is C13H18N2O6S. The number of hydrogen-bond donors (Lipinski definition) is 3. The van der Waals surface area contributed by atoms with E-state index in [4.69, 9.17) is 21.7 Å². The number of carbonyl (C=O) groups excluding carboxylic acids is 1. The van der Waals surface area contributed by atoms with Crippen LogP contribution in [0.5, 0.6) is 0 Å². The van der Waals surface area contributed by atoms with E-state index >= 15 is 0 Å². The molecule has 0 aliphatic carbocycles. The number of aliphatic hydroxyl groups excluding tert-OH is 1. The van der Waals surface area contributed by atoms with Crippen molar-refractivity contribution in [3.05, 3.63) is 27.4 Å². The zero-order valence-electron chi connectivity index (χ0n) is 12.2. The summed E-state index contributed by atoms with van der Waals surface area (Å²) in [5, 5.41) is 20.9. The molecule has 22 heavy (non-hydrogen) atoms. The van der Waals surface area contributed by atoms with Crippen molar-refractivity contribution in [2.45, 2.75) is 31.8 Å². The summed E-state index contributed by atoms with van der Waals surface area (Å²) < 4.78 is 11.4. The number of aromatic nitrogens is 2. The van der Waals surface area contributed by atoms with Crippen LogP contribution in [0.25, 0.3) is 0 Å².